The van der Waals surface area contributed by atoms with Gasteiger partial charge in [0.1, 0.15) is 11.6 Å². The van der Waals surface area contributed by atoms with E-state index in [1.165, 1.54) is 44.4 Å². The van der Waals surface area contributed by atoms with Gasteiger partial charge in [-0.15, -0.1) is 0 Å². The van der Waals surface area contributed by atoms with Gasteiger partial charge in [0.2, 0.25) is 0 Å². The van der Waals surface area contributed by atoms with Crippen LogP contribution in [0.2, 0.25) is 0 Å². The van der Waals surface area contributed by atoms with E-state index in [0.717, 1.165) is 17.2 Å². The maximum absolute atomic E-state index is 14.2. The lowest BCUT2D eigenvalue weighted by molar-refractivity contribution is -0.00222. The maximum Gasteiger partial charge on any atom is 0.141 e. The predicted molar refractivity (Wildman–Crippen MR) is 102 cm³/mol. The van der Waals surface area contributed by atoms with Crippen LogP contribution >= 0.6 is 0 Å². The largest absolute Gasteiger partial charge is 0.382 e. The molecular formula is C21H21FN4. The molecule has 0 saturated carbocycles. The molecule has 3 heterocycles. The van der Waals surface area contributed by atoms with Crippen LogP contribution in [0.3, 0.4) is 0 Å². The number of nitrogens with two attached hydrogens (primary N) is 1. The molecule has 0 unspecified atom stereocenters. The third-order valence-corrected chi connectivity index (χ3v) is 5.04. The van der Waals surface area contributed by atoms with Gasteiger partial charge in [0, 0.05) is 11.6 Å². The molecule has 1 aromatic heterocycles. The van der Waals surface area contributed by atoms with Gasteiger partial charge in [-0.2, -0.15) is 0 Å². The molecular weight excluding hydrogens is 327 g/mol. The van der Waals surface area contributed by atoms with Gasteiger partial charge in [0.05, 0.1) is 18.1 Å². The van der Waals surface area contributed by atoms with E-state index in [-0.39, 0.29) is 5.82 Å². The summed E-state index contributed by atoms with van der Waals surface area (Å²) in [6.45, 7) is 2.79. The van der Waals surface area contributed by atoms with Gasteiger partial charge in [-0.25, -0.2) is 9.37 Å². The van der Waals surface area contributed by atoms with E-state index >= 15 is 0 Å². The summed E-state index contributed by atoms with van der Waals surface area (Å²) in [7, 11) is 0. The minimum absolute atomic E-state index is 0.315. The van der Waals surface area contributed by atoms with Gasteiger partial charge >= 0.3 is 0 Å². The average molecular weight is 348 g/mol. The molecule has 2 saturated heterocycles. The van der Waals surface area contributed by atoms with Crippen molar-refractivity contribution >= 4 is 5.82 Å². The highest BCUT2D eigenvalue weighted by Gasteiger charge is 2.34. The van der Waals surface area contributed by atoms with Crippen LogP contribution in [0.25, 0.3) is 22.4 Å². The standard InChI is InChI=1S/C16H12FN3.C5H9N/c17-14-8-12(11-4-2-1-3-5-11)6-7-13(14)15-9-20-16(18)10-19-15;1-3-6-4-2-5(1)6/h1-10H,(H2,18,20);5H,1-4H2. The third-order valence-electron chi connectivity index (χ3n) is 5.04. The van der Waals surface area contributed by atoms with Crippen LogP contribution in [0.4, 0.5) is 10.2 Å². The molecule has 0 bridgehead atoms. The summed E-state index contributed by atoms with van der Waals surface area (Å²) < 4.78 is 14.2. The number of piperidine rings is 1. The van der Waals surface area contributed by atoms with Gasteiger partial charge in [0.15, 0.2) is 0 Å². The van der Waals surface area contributed by atoms with Crippen LogP contribution in [0.5, 0.6) is 0 Å². The van der Waals surface area contributed by atoms with E-state index in [1.54, 1.807) is 6.07 Å². The molecule has 0 radical (unpaired) electrons. The normalized spacial score (nSPS) is 15.9. The van der Waals surface area contributed by atoms with Crippen molar-refractivity contribution in [3.8, 4) is 22.4 Å². The maximum atomic E-state index is 14.2. The Kier molecular flexibility index (Phi) is 4.63. The summed E-state index contributed by atoms with van der Waals surface area (Å²) in [4.78, 5) is 10.5. The second-order valence-electron chi connectivity index (χ2n) is 6.65. The summed E-state index contributed by atoms with van der Waals surface area (Å²) >= 11 is 0. The van der Waals surface area contributed by atoms with E-state index in [1.807, 2.05) is 36.4 Å². The Morgan fingerprint density at radius 2 is 1.65 bits per heavy atom. The first-order valence-corrected chi connectivity index (χ1v) is 8.87. The molecule has 2 aromatic carbocycles. The van der Waals surface area contributed by atoms with Gasteiger partial charge in [-0.05, 0) is 49.2 Å². The highest BCUT2D eigenvalue weighted by molar-refractivity contribution is 5.69. The first kappa shape index (κ1) is 16.7. The van der Waals surface area contributed by atoms with Crippen LogP contribution < -0.4 is 5.73 Å². The Hall–Kier alpha value is -2.79. The summed E-state index contributed by atoms with van der Waals surface area (Å²) in [6.07, 6.45) is 5.86. The van der Waals surface area contributed by atoms with Gasteiger partial charge in [0.25, 0.3) is 0 Å². The fourth-order valence-corrected chi connectivity index (χ4v) is 3.25. The minimum atomic E-state index is -0.328. The van der Waals surface area contributed by atoms with E-state index in [2.05, 4.69) is 14.9 Å². The average Bonchev–Trinajstić information content (AvgIpc) is 2.67. The van der Waals surface area contributed by atoms with Crippen molar-refractivity contribution in [3.05, 3.63) is 66.7 Å². The monoisotopic (exact) mass is 348 g/mol. The molecule has 2 aliphatic heterocycles. The van der Waals surface area contributed by atoms with Crippen LogP contribution in [0, 0.1) is 5.82 Å². The summed E-state index contributed by atoms with van der Waals surface area (Å²) in [5, 5.41) is 0. The zero-order valence-corrected chi connectivity index (χ0v) is 14.5. The Morgan fingerprint density at radius 1 is 0.923 bits per heavy atom. The number of fused-ring (bicyclic) bond motifs is 1. The van der Waals surface area contributed by atoms with Crippen LogP contribution in [0.15, 0.2) is 60.9 Å². The van der Waals surface area contributed by atoms with Crippen molar-refractivity contribution in [2.45, 2.75) is 18.9 Å². The molecule has 0 amide bonds. The van der Waals surface area contributed by atoms with Crippen molar-refractivity contribution < 1.29 is 4.39 Å². The fourth-order valence-electron chi connectivity index (χ4n) is 3.25. The van der Waals surface area contributed by atoms with Crippen molar-refractivity contribution in [1.82, 2.24) is 14.9 Å². The SMILES string of the molecule is C1CN2CCC12.Nc1cnc(-c2ccc(-c3ccccc3)cc2F)cn1. The Morgan fingerprint density at radius 3 is 2.15 bits per heavy atom. The molecule has 26 heavy (non-hydrogen) atoms. The van der Waals surface area contributed by atoms with Crippen molar-refractivity contribution in [2.75, 3.05) is 18.8 Å². The van der Waals surface area contributed by atoms with Crippen LogP contribution in [-0.4, -0.2) is 34.0 Å². The summed E-state index contributed by atoms with van der Waals surface area (Å²) in [5.74, 6) is -0.0134. The molecule has 3 aromatic rings. The quantitative estimate of drug-likeness (QED) is 0.761. The molecule has 132 valence electrons. The Labute approximate surface area is 152 Å². The first-order valence-electron chi connectivity index (χ1n) is 8.87. The smallest absolute Gasteiger partial charge is 0.141 e. The van der Waals surface area contributed by atoms with Crippen LogP contribution in [0.1, 0.15) is 12.8 Å². The Bertz CT molecular complexity index is 862. The first-order chi connectivity index (χ1) is 12.7. The van der Waals surface area contributed by atoms with Crippen molar-refractivity contribution in [2.24, 2.45) is 0 Å². The van der Waals surface area contributed by atoms with Gasteiger partial charge in [-0.1, -0.05) is 36.4 Å². The number of halogens is 1. The highest BCUT2D eigenvalue weighted by atomic mass is 19.1. The minimum Gasteiger partial charge on any atom is -0.382 e. The lowest BCUT2D eigenvalue weighted by atomic mass is 9.91. The fraction of sp³-hybridized carbons (Fsp3) is 0.238. The van der Waals surface area contributed by atoms with E-state index in [0.29, 0.717) is 17.1 Å². The zero-order valence-electron chi connectivity index (χ0n) is 14.5. The number of anilines is 1. The number of rotatable bonds is 2. The number of nitrogen functional groups attached to an aromatic ring is 1. The second kappa shape index (κ2) is 7.22. The second-order valence-corrected chi connectivity index (χ2v) is 6.65. The zero-order chi connectivity index (χ0) is 17.9. The molecule has 2 N–H and O–H groups in total. The molecule has 2 aliphatic rings. The number of aromatic nitrogens is 2. The summed E-state index contributed by atoms with van der Waals surface area (Å²) in [6, 6.07) is 15.8. The molecule has 5 heteroatoms. The molecule has 0 spiro atoms. The van der Waals surface area contributed by atoms with Crippen molar-refractivity contribution in [1.29, 1.82) is 0 Å². The molecule has 4 nitrogen and oxygen atoms in total. The lowest BCUT2D eigenvalue weighted by Gasteiger charge is -2.50. The topological polar surface area (TPSA) is 55.0 Å². The van der Waals surface area contributed by atoms with Crippen molar-refractivity contribution in [3.63, 3.8) is 0 Å². The molecule has 0 aliphatic carbocycles. The lowest BCUT2D eigenvalue weighted by Crippen LogP contribution is -2.57. The molecule has 0 atom stereocenters. The number of benzene rings is 2. The number of hydrogen-bond donors (Lipinski definition) is 1. The number of nitrogens with zero attached hydrogens (tertiary/aromatic N) is 3. The van der Waals surface area contributed by atoms with E-state index in [9.17, 15) is 4.39 Å². The Balaban J connectivity index is 0.000000233. The van der Waals surface area contributed by atoms with E-state index in [4.69, 9.17) is 5.73 Å². The number of hydrogen-bond acceptors (Lipinski definition) is 4. The van der Waals surface area contributed by atoms with Crippen LogP contribution in [-0.2, 0) is 0 Å². The molecule has 5 rings (SSSR count). The van der Waals surface area contributed by atoms with Gasteiger partial charge in [-0.3, -0.25) is 4.98 Å². The van der Waals surface area contributed by atoms with Gasteiger partial charge < -0.3 is 10.6 Å². The molecule has 2 fully saturated rings. The third kappa shape index (κ3) is 3.44. The predicted octanol–water partition coefficient (Wildman–Crippen LogP) is 4.00. The summed E-state index contributed by atoms with van der Waals surface area (Å²) in [5.41, 5.74) is 8.16. The van der Waals surface area contributed by atoms with E-state index < -0.39 is 0 Å². The highest BCUT2D eigenvalue weighted by Crippen LogP contribution is 2.29.